The molecule has 0 aliphatic rings. The monoisotopic (exact) mass is 264 g/mol. The van der Waals surface area contributed by atoms with E-state index in [0.717, 1.165) is 25.9 Å². The van der Waals surface area contributed by atoms with Gasteiger partial charge in [-0.05, 0) is 24.3 Å². The van der Waals surface area contributed by atoms with E-state index in [1.165, 1.54) is 11.3 Å². The Morgan fingerprint density at radius 1 is 1.18 bits per heavy atom. The highest BCUT2D eigenvalue weighted by atomic mass is 35.5. The third kappa shape index (κ3) is 2.16. The summed E-state index contributed by atoms with van der Waals surface area (Å²) in [6, 6.07) is 11.6. The van der Waals surface area contributed by atoms with Crippen molar-refractivity contribution in [2.24, 2.45) is 0 Å². The van der Waals surface area contributed by atoms with Gasteiger partial charge in [-0.15, -0.1) is 11.3 Å². The smallest absolute Gasteiger partial charge is 0.175 e. The van der Waals surface area contributed by atoms with E-state index in [4.69, 9.17) is 20.8 Å². The molecule has 17 heavy (non-hydrogen) atoms. The van der Waals surface area contributed by atoms with E-state index in [9.17, 15) is 0 Å². The van der Waals surface area contributed by atoms with Gasteiger partial charge in [0.2, 0.25) is 0 Å². The first kappa shape index (κ1) is 10.7. The van der Waals surface area contributed by atoms with E-state index >= 15 is 0 Å². The first-order valence-electron chi connectivity index (χ1n) is 5.16. The number of ether oxygens (including phenoxy) is 1. The lowest BCUT2D eigenvalue weighted by atomic mass is 10.2. The number of benzene rings is 1. The molecule has 0 fully saturated rings. The highest BCUT2D eigenvalue weighted by Crippen LogP contribution is 2.28. The number of hydrogen-bond donors (Lipinski definition) is 0. The minimum atomic E-state index is 0.511. The van der Waals surface area contributed by atoms with Gasteiger partial charge in [0, 0.05) is 10.3 Å². The lowest BCUT2D eigenvalue weighted by Crippen LogP contribution is -1.92. The summed E-state index contributed by atoms with van der Waals surface area (Å²) in [6.07, 6.45) is 1.67. The fourth-order valence-corrected chi connectivity index (χ4v) is 2.66. The van der Waals surface area contributed by atoms with Crippen LogP contribution in [0.2, 0.25) is 4.34 Å². The predicted octanol–water partition coefficient (Wildman–Crippen LogP) is 4.73. The number of hydrogen-bond acceptors (Lipinski definition) is 3. The van der Waals surface area contributed by atoms with Crippen LogP contribution in [0.15, 0.2) is 47.1 Å². The molecule has 0 atom stereocenters. The van der Waals surface area contributed by atoms with Crippen molar-refractivity contribution in [3.63, 3.8) is 0 Å². The van der Waals surface area contributed by atoms with Gasteiger partial charge in [0.1, 0.15) is 6.61 Å². The Bertz CT molecular complexity index is 641. The highest BCUT2D eigenvalue weighted by molar-refractivity contribution is 7.16. The Hall–Kier alpha value is -1.45. The molecule has 86 valence electrons. The molecule has 0 amide bonds. The molecule has 4 heteroatoms. The zero-order valence-electron chi connectivity index (χ0n) is 8.85. The minimum Gasteiger partial charge on any atom is -0.484 e. The zero-order chi connectivity index (χ0) is 11.7. The van der Waals surface area contributed by atoms with Crippen LogP contribution in [-0.2, 0) is 6.61 Å². The van der Waals surface area contributed by atoms with Crippen molar-refractivity contribution in [1.82, 2.24) is 0 Å². The van der Waals surface area contributed by atoms with Crippen molar-refractivity contribution in [2.45, 2.75) is 6.61 Å². The second-order valence-electron chi connectivity index (χ2n) is 3.59. The van der Waals surface area contributed by atoms with E-state index in [1.807, 2.05) is 36.4 Å². The van der Waals surface area contributed by atoms with Crippen LogP contribution in [0.5, 0.6) is 5.75 Å². The molecule has 3 rings (SSSR count). The van der Waals surface area contributed by atoms with E-state index in [1.54, 1.807) is 6.26 Å². The molecule has 0 unspecified atom stereocenters. The average molecular weight is 265 g/mol. The third-order valence-corrected chi connectivity index (χ3v) is 3.65. The van der Waals surface area contributed by atoms with Gasteiger partial charge in [-0.1, -0.05) is 23.7 Å². The van der Waals surface area contributed by atoms with E-state index in [2.05, 4.69) is 0 Å². The maximum Gasteiger partial charge on any atom is 0.175 e. The van der Waals surface area contributed by atoms with Gasteiger partial charge in [-0.3, -0.25) is 0 Å². The molecule has 0 bridgehead atoms. The molecular weight excluding hydrogens is 256 g/mol. The second kappa shape index (κ2) is 4.43. The van der Waals surface area contributed by atoms with E-state index in [0.29, 0.717) is 6.61 Å². The van der Waals surface area contributed by atoms with Gasteiger partial charge < -0.3 is 9.15 Å². The van der Waals surface area contributed by atoms with Crippen LogP contribution in [0.4, 0.5) is 0 Å². The molecule has 2 aromatic heterocycles. The molecule has 0 N–H and O–H groups in total. The standard InChI is InChI=1S/C13H9ClO2S/c14-12-5-4-10(17-12)8-16-11-3-1-2-9-6-7-15-13(9)11/h1-7H,8H2. The molecule has 0 saturated carbocycles. The number of fused-ring (bicyclic) bond motifs is 1. The molecule has 2 nitrogen and oxygen atoms in total. The van der Waals surface area contributed by atoms with Gasteiger partial charge in [-0.25, -0.2) is 0 Å². The van der Waals surface area contributed by atoms with Crippen molar-refractivity contribution < 1.29 is 9.15 Å². The summed E-state index contributed by atoms with van der Waals surface area (Å²) in [6.45, 7) is 0.511. The molecule has 2 heterocycles. The predicted molar refractivity (Wildman–Crippen MR) is 69.9 cm³/mol. The zero-order valence-corrected chi connectivity index (χ0v) is 10.4. The van der Waals surface area contributed by atoms with Gasteiger partial charge >= 0.3 is 0 Å². The summed E-state index contributed by atoms with van der Waals surface area (Å²) in [5.41, 5.74) is 0.787. The summed E-state index contributed by atoms with van der Waals surface area (Å²) < 4.78 is 11.9. The van der Waals surface area contributed by atoms with Crippen LogP contribution in [0, 0.1) is 0 Å². The molecule has 3 aromatic rings. The minimum absolute atomic E-state index is 0.511. The summed E-state index contributed by atoms with van der Waals surface area (Å²) in [7, 11) is 0. The van der Waals surface area contributed by atoms with Crippen LogP contribution in [0.25, 0.3) is 11.0 Å². The second-order valence-corrected chi connectivity index (χ2v) is 5.39. The van der Waals surface area contributed by atoms with E-state index in [-0.39, 0.29) is 0 Å². The summed E-state index contributed by atoms with van der Waals surface area (Å²) in [5.74, 6) is 0.761. The Labute approximate surface area is 107 Å². The maximum atomic E-state index is 5.86. The SMILES string of the molecule is Clc1ccc(COc2cccc3ccoc23)s1. The third-order valence-electron chi connectivity index (χ3n) is 2.44. The number of furan rings is 1. The lowest BCUT2D eigenvalue weighted by molar-refractivity contribution is 0.309. The largest absolute Gasteiger partial charge is 0.484 e. The van der Waals surface area contributed by atoms with Gasteiger partial charge in [0.15, 0.2) is 11.3 Å². The van der Waals surface area contributed by atoms with Crippen LogP contribution >= 0.6 is 22.9 Å². The number of thiophene rings is 1. The Morgan fingerprint density at radius 3 is 2.94 bits per heavy atom. The number of rotatable bonds is 3. The molecule has 0 saturated heterocycles. The van der Waals surface area contributed by atoms with Crippen molar-refractivity contribution in [3.8, 4) is 5.75 Å². The summed E-state index contributed by atoms with van der Waals surface area (Å²) >= 11 is 7.39. The summed E-state index contributed by atoms with van der Waals surface area (Å²) in [5, 5.41) is 1.05. The molecule has 0 spiro atoms. The first-order chi connectivity index (χ1) is 8.33. The van der Waals surface area contributed by atoms with Crippen LogP contribution in [-0.4, -0.2) is 0 Å². The molecule has 0 radical (unpaired) electrons. The van der Waals surface area contributed by atoms with Crippen LogP contribution in [0.1, 0.15) is 4.88 Å². The van der Waals surface area contributed by atoms with Crippen molar-refractivity contribution >= 4 is 33.9 Å². The summed E-state index contributed by atoms with van der Waals surface area (Å²) in [4.78, 5) is 1.10. The normalized spacial score (nSPS) is 10.9. The first-order valence-corrected chi connectivity index (χ1v) is 6.35. The molecule has 1 aromatic carbocycles. The Balaban J connectivity index is 1.83. The Kier molecular flexibility index (Phi) is 2.79. The van der Waals surface area contributed by atoms with Gasteiger partial charge in [0.25, 0.3) is 0 Å². The van der Waals surface area contributed by atoms with Crippen molar-refractivity contribution in [1.29, 1.82) is 0 Å². The van der Waals surface area contributed by atoms with Crippen LogP contribution in [0.3, 0.4) is 0 Å². The molecule has 0 aliphatic heterocycles. The lowest BCUT2D eigenvalue weighted by Gasteiger charge is -2.04. The number of halogens is 1. The fraction of sp³-hybridized carbons (Fsp3) is 0.0769. The topological polar surface area (TPSA) is 22.4 Å². The van der Waals surface area contributed by atoms with Crippen molar-refractivity contribution in [2.75, 3.05) is 0 Å². The van der Waals surface area contributed by atoms with Gasteiger partial charge in [0.05, 0.1) is 10.6 Å². The Morgan fingerprint density at radius 2 is 2.12 bits per heavy atom. The van der Waals surface area contributed by atoms with E-state index < -0.39 is 0 Å². The molecule has 0 aliphatic carbocycles. The highest BCUT2D eigenvalue weighted by Gasteiger charge is 2.06. The molecular formula is C13H9ClO2S. The van der Waals surface area contributed by atoms with Crippen molar-refractivity contribution in [3.05, 3.63) is 51.9 Å². The van der Waals surface area contributed by atoms with Crippen LogP contribution < -0.4 is 4.74 Å². The maximum absolute atomic E-state index is 5.86. The van der Waals surface area contributed by atoms with Gasteiger partial charge in [-0.2, -0.15) is 0 Å². The fourth-order valence-electron chi connectivity index (χ4n) is 1.66. The quantitative estimate of drug-likeness (QED) is 0.683. The average Bonchev–Trinajstić information content (AvgIpc) is 2.94. The number of para-hydroxylation sites is 1.